The van der Waals surface area contributed by atoms with E-state index in [4.69, 9.17) is 9.26 Å². The smallest absolute Gasteiger partial charge is 0.261 e. The Labute approximate surface area is 169 Å². The summed E-state index contributed by atoms with van der Waals surface area (Å²) in [5.74, 6) is 2.42. The van der Waals surface area contributed by atoms with Crippen LogP contribution < -0.4 is 10.1 Å². The normalized spacial score (nSPS) is 11.8. The first kappa shape index (κ1) is 18.7. The van der Waals surface area contributed by atoms with Crippen molar-refractivity contribution in [2.24, 2.45) is 0 Å². The van der Waals surface area contributed by atoms with Crippen LogP contribution in [0.2, 0.25) is 0 Å². The molecule has 29 heavy (non-hydrogen) atoms. The molecule has 6 heteroatoms. The molecule has 0 spiro atoms. The van der Waals surface area contributed by atoms with Gasteiger partial charge in [-0.3, -0.25) is 0 Å². The van der Waals surface area contributed by atoms with Gasteiger partial charge in [0.1, 0.15) is 11.6 Å². The number of anilines is 1. The number of rotatable bonds is 6. The predicted molar refractivity (Wildman–Crippen MR) is 113 cm³/mol. The molecule has 0 radical (unpaired) electrons. The van der Waals surface area contributed by atoms with Gasteiger partial charge in [-0.05, 0) is 55.8 Å². The van der Waals surface area contributed by atoms with Crippen LogP contribution in [0.25, 0.3) is 22.8 Å². The summed E-state index contributed by atoms with van der Waals surface area (Å²) in [5.41, 5.74) is 4.03. The van der Waals surface area contributed by atoms with E-state index in [1.165, 1.54) is 11.1 Å². The number of nitrogens with one attached hydrogen (secondary N) is 1. The SMILES string of the molecule is COc1ccc(-c2noc(-c3cccnc3N[C@H](C)c3ccc(C)cc3)n2)cc1. The highest BCUT2D eigenvalue weighted by Gasteiger charge is 2.17. The van der Waals surface area contributed by atoms with Crippen LogP contribution in [-0.2, 0) is 0 Å². The van der Waals surface area contributed by atoms with Crippen LogP contribution in [0, 0.1) is 6.92 Å². The first-order valence-electron chi connectivity index (χ1n) is 9.40. The van der Waals surface area contributed by atoms with Crippen molar-refractivity contribution in [2.75, 3.05) is 12.4 Å². The first-order chi connectivity index (χ1) is 14.1. The monoisotopic (exact) mass is 386 g/mol. The average molecular weight is 386 g/mol. The van der Waals surface area contributed by atoms with Crippen LogP contribution in [0.15, 0.2) is 71.4 Å². The van der Waals surface area contributed by atoms with Crippen molar-refractivity contribution in [3.05, 3.63) is 78.0 Å². The molecule has 0 aliphatic rings. The molecule has 1 N–H and O–H groups in total. The summed E-state index contributed by atoms with van der Waals surface area (Å²) in [5, 5.41) is 7.58. The van der Waals surface area contributed by atoms with Gasteiger partial charge >= 0.3 is 0 Å². The summed E-state index contributed by atoms with van der Waals surface area (Å²) in [7, 11) is 1.63. The summed E-state index contributed by atoms with van der Waals surface area (Å²) >= 11 is 0. The van der Waals surface area contributed by atoms with Gasteiger partial charge in [-0.2, -0.15) is 4.98 Å². The van der Waals surface area contributed by atoms with E-state index in [1.54, 1.807) is 13.3 Å². The average Bonchev–Trinajstić information content (AvgIpc) is 3.25. The lowest BCUT2D eigenvalue weighted by atomic mass is 10.1. The van der Waals surface area contributed by atoms with Crippen LogP contribution in [0.3, 0.4) is 0 Å². The van der Waals surface area contributed by atoms with Crippen LogP contribution >= 0.6 is 0 Å². The molecule has 0 saturated heterocycles. The maximum Gasteiger partial charge on any atom is 0.261 e. The molecule has 0 saturated carbocycles. The van der Waals surface area contributed by atoms with Gasteiger partial charge in [0.05, 0.1) is 12.7 Å². The van der Waals surface area contributed by atoms with Crippen LogP contribution in [0.5, 0.6) is 5.75 Å². The van der Waals surface area contributed by atoms with Gasteiger partial charge in [-0.1, -0.05) is 35.0 Å². The second-order valence-corrected chi connectivity index (χ2v) is 6.83. The number of methoxy groups -OCH3 is 1. The molecule has 0 bridgehead atoms. The number of aryl methyl sites for hydroxylation is 1. The number of hydrogen-bond acceptors (Lipinski definition) is 6. The number of ether oxygens (including phenoxy) is 1. The Balaban J connectivity index is 1.59. The minimum absolute atomic E-state index is 0.0771. The van der Waals surface area contributed by atoms with Gasteiger partial charge < -0.3 is 14.6 Å². The van der Waals surface area contributed by atoms with Crippen molar-refractivity contribution in [1.29, 1.82) is 0 Å². The highest BCUT2D eigenvalue weighted by molar-refractivity contribution is 5.70. The van der Waals surface area contributed by atoms with Crippen molar-refractivity contribution < 1.29 is 9.26 Å². The number of hydrogen-bond donors (Lipinski definition) is 1. The fourth-order valence-electron chi connectivity index (χ4n) is 3.03. The van der Waals surface area contributed by atoms with Crippen molar-refractivity contribution in [3.63, 3.8) is 0 Å². The molecule has 0 unspecified atom stereocenters. The maximum atomic E-state index is 5.53. The molecule has 0 aliphatic heterocycles. The minimum atomic E-state index is 0.0771. The standard InChI is InChI=1S/C23H22N4O2/c1-15-6-8-17(9-7-15)16(2)25-22-20(5-4-14-24-22)23-26-21(27-29-23)18-10-12-19(28-3)13-11-18/h4-14,16H,1-3H3,(H,24,25)/t16-/m1/s1. The largest absolute Gasteiger partial charge is 0.497 e. The Morgan fingerprint density at radius 3 is 2.48 bits per heavy atom. The molecule has 2 aromatic carbocycles. The molecule has 0 fully saturated rings. The number of aromatic nitrogens is 3. The van der Waals surface area contributed by atoms with Gasteiger partial charge in [0.15, 0.2) is 0 Å². The zero-order chi connectivity index (χ0) is 20.2. The second-order valence-electron chi connectivity index (χ2n) is 6.83. The highest BCUT2D eigenvalue weighted by atomic mass is 16.5. The lowest BCUT2D eigenvalue weighted by Crippen LogP contribution is -2.09. The second kappa shape index (κ2) is 8.14. The fraction of sp³-hybridized carbons (Fsp3) is 0.174. The van der Waals surface area contributed by atoms with Gasteiger partial charge in [0.2, 0.25) is 5.82 Å². The van der Waals surface area contributed by atoms with E-state index < -0.39 is 0 Å². The maximum absolute atomic E-state index is 5.53. The van der Waals surface area contributed by atoms with Crippen molar-refractivity contribution >= 4 is 5.82 Å². The lowest BCUT2D eigenvalue weighted by Gasteiger charge is -2.16. The summed E-state index contributed by atoms with van der Waals surface area (Å²) in [6, 6.07) is 19.8. The van der Waals surface area contributed by atoms with E-state index in [0.29, 0.717) is 17.5 Å². The molecule has 1 atom stereocenters. The lowest BCUT2D eigenvalue weighted by molar-refractivity contribution is 0.415. The molecule has 2 aromatic heterocycles. The van der Waals surface area contributed by atoms with Crippen LogP contribution in [0.4, 0.5) is 5.82 Å². The highest BCUT2D eigenvalue weighted by Crippen LogP contribution is 2.29. The number of pyridine rings is 1. The van der Waals surface area contributed by atoms with Crippen molar-refractivity contribution in [2.45, 2.75) is 19.9 Å². The van der Waals surface area contributed by atoms with E-state index in [9.17, 15) is 0 Å². The van der Waals surface area contributed by atoms with Gasteiger partial charge in [0, 0.05) is 17.8 Å². The molecule has 146 valence electrons. The first-order valence-corrected chi connectivity index (χ1v) is 9.40. The molecule has 0 aliphatic carbocycles. The molecule has 4 aromatic rings. The summed E-state index contributed by atoms with van der Waals surface area (Å²) in [6.07, 6.45) is 1.74. The number of benzene rings is 2. The summed E-state index contributed by atoms with van der Waals surface area (Å²) in [6.45, 7) is 4.18. The van der Waals surface area contributed by atoms with Crippen molar-refractivity contribution in [3.8, 4) is 28.6 Å². The van der Waals surface area contributed by atoms with Crippen molar-refractivity contribution in [1.82, 2.24) is 15.1 Å². The van der Waals surface area contributed by atoms with E-state index in [2.05, 4.69) is 58.6 Å². The third-order valence-corrected chi connectivity index (χ3v) is 4.74. The van der Waals surface area contributed by atoms with Crippen LogP contribution in [0.1, 0.15) is 24.1 Å². The minimum Gasteiger partial charge on any atom is -0.497 e. The summed E-state index contributed by atoms with van der Waals surface area (Å²) in [4.78, 5) is 9.05. The molecule has 2 heterocycles. The fourth-order valence-corrected chi connectivity index (χ4v) is 3.03. The summed E-state index contributed by atoms with van der Waals surface area (Å²) < 4.78 is 10.7. The molecule has 6 nitrogen and oxygen atoms in total. The predicted octanol–water partition coefficient (Wildman–Crippen LogP) is 5.29. The zero-order valence-corrected chi connectivity index (χ0v) is 16.6. The topological polar surface area (TPSA) is 73.1 Å². The van der Waals surface area contributed by atoms with E-state index in [-0.39, 0.29) is 6.04 Å². The number of nitrogens with zero attached hydrogens (tertiary/aromatic N) is 3. The van der Waals surface area contributed by atoms with Gasteiger partial charge in [-0.15, -0.1) is 0 Å². The third-order valence-electron chi connectivity index (χ3n) is 4.74. The van der Waals surface area contributed by atoms with Gasteiger partial charge in [-0.25, -0.2) is 4.98 Å². The Hall–Kier alpha value is -3.67. The molecule has 4 rings (SSSR count). The quantitative estimate of drug-likeness (QED) is 0.485. The Morgan fingerprint density at radius 2 is 1.76 bits per heavy atom. The Morgan fingerprint density at radius 1 is 1.00 bits per heavy atom. The van der Waals surface area contributed by atoms with Crippen LogP contribution in [-0.4, -0.2) is 22.2 Å². The third kappa shape index (κ3) is 4.11. The van der Waals surface area contributed by atoms with Gasteiger partial charge in [0.25, 0.3) is 5.89 Å². The van der Waals surface area contributed by atoms with E-state index in [0.717, 1.165) is 16.9 Å². The molecular formula is C23H22N4O2. The van der Waals surface area contributed by atoms with E-state index >= 15 is 0 Å². The Bertz CT molecular complexity index is 1090. The molecule has 0 amide bonds. The Kier molecular flexibility index (Phi) is 5.24. The van der Waals surface area contributed by atoms with E-state index in [1.807, 2.05) is 36.4 Å². The molecular weight excluding hydrogens is 364 g/mol. The zero-order valence-electron chi connectivity index (χ0n) is 16.6.